The zero-order chi connectivity index (χ0) is 16.2. The van der Waals surface area contributed by atoms with Gasteiger partial charge in [-0.25, -0.2) is 9.59 Å². The average Bonchev–Trinajstić information content (AvgIpc) is 2.20. The molecule has 0 fully saturated rings. The van der Waals surface area contributed by atoms with Gasteiger partial charge in [0.05, 0.1) is 0 Å². The van der Waals surface area contributed by atoms with Crippen molar-refractivity contribution in [2.24, 2.45) is 0 Å². The molecular weight excluding hydrogens is 377 g/mol. The van der Waals surface area contributed by atoms with Gasteiger partial charge in [-0.15, -0.1) is 0 Å². The van der Waals surface area contributed by atoms with Crippen molar-refractivity contribution in [3.63, 3.8) is 0 Å². The molecule has 7 nitrogen and oxygen atoms in total. The predicted octanol–water partition coefficient (Wildman–Crippen LogP) is 1.48. The number of amides is 1. The van der Waals surface area contributed by atoms with Crippen molar-refractivity contribution in [2.45, 2.75) is 9.30 Å². The minimum atomic E-state index is -6.09. The summed E-state index contributed by atoms with van der Waals surface area (Å²) < 4.78 is 61.7. The van der Waals surface area contributed by atoms with Crippen LogP contribution in [0.5, 0.6) is 0 Å². The summed E-state index contributed by atoms with van der Waals surface area (Å²) in [4.78, 5) is 21.6. The van der Waals surface area contributed by atoms with Crippen LogP contribution in [0.1, 0.15) is 0 Å². The summed E-state index contributed by atoms with van der Waals surface area (Å²) in [5.41, 5.74) is -5.77. The van der Waals surface area contributed by atoms with E-state index in [1.54, 1.807) is 5.32 Å². The minimum Gasteiger partial charge on any atom is -0.445 e. The van der Waals surface area contributed by atoms with Crippen LogP contribution in [-0.2, 0) is 23.8 Å². The van der Waals surface area contributed by atoms with E-state index in [2.05, 4.69) is 8.92 Å². The largest absolute Gasteiger partial charge is 0.534 e. The van der Waals surface area contributed by atoms with E-state index in [0.717, 1.165) is 0 Å². The molecule has 0 bridgehead atoms. The van der Waals surface area contributed by atoms with Crippen molar-refractivity contribution < 1.29 is 40.1 Å². The maximum absolute atomic E-state index is 11.8. The van der Waals surface area contributed by atoms with E-state index in [9.17, 15) is 31.2 Å². The van der Waals surface area contributed by atoms with Crippen molar-refractivity contribution in [1.29, 1.82) is 0 Å². The maximum atomic E-state index is 11.8. The topological polar surface area (TPSA) is 98.8 Å². The van der Waals surface area contributed by atoms with E-state index in [0.29, 0.717) is 0 Å². The number of carbonyl (C=O) groups excluding carboxylic acids is 2. The molecule has 0 radical (unpaired) electrons. The number of halogens is 6. The molecule has 20 heavy (non-hydrogen) atoms. The van der Waals surface area contributed by atoms with E-state index in [4.69, 9.17) is 34.8 Å². The van der Waals surface area contributed by atoms with Gasteiger partial charge in [0.2, 0.25) is 3.79 Å². The molecule has 0 aromatic heterocycles. The lowest BCUT2D eigenvalue weighted by Crippen LogP contribution is -2.36. The molecule has 0 aromatic carbocycles. The summed E-state index contributed by atoms with van der Waals surface area (Å²) in [5, 5.41) is 1.59. The normalized spacial score (nSPS) is 12.7. The molecule has 14 heteroatoms. The molecule has 118 valence electrons. The monoisotopic (exact) mass is 381 g/mol. The smallest absolute Gasteiger partial charge is 0.445 e. The van der Waals surface area contributed by atoms with E-state index in [1.165, 1.54) is 0 Å². The number of nitrogens with one attached hydrogen (secondary N) is 1. The van der Waals surface area contributed by atoms with Gasteiger partial charge in [0, 0.05) is 0 Å². The lowest BCUT2D eigenvalue weighted by molar-refractivity contribution is -0.135. The standard InChI is InChI=1S/C6H5Cl3F3NO6S/c7-5(8,9)2-18-4(15)13-1-3(14)19-20(16,17)6(10,11)12/h1-2H2,(H,13,15). The summed E-state index contributed by atoms with van der Waals surface area (Å²) in [6.07, 6.45) is -1.34. The molecule has 1 amide bonds. The fourth-order valence-corrected chi connectivity index (χ4v) is 1.10. The quantitative estimate of drug-likeness (QED) is 0.449. The second-order valence-corrected chi connectivity index (χ2v) is 6.95. The van der Waals surface area contributed by atoms with Crippen molar-refractivity contribution in [3.8, 4) is 0 Å². The van der Waals surface area contributed by atoms with Gasteiger partial charge >= 0.3 is 27.7 Å². The van der Waals surface area contributed by atoms with Gasteiger partial charge < -0.3 is 14.2 Å². The van der Waals surface area contributed by atoms with Gasteiger partial charge in [-0.05, 0) is 0 Å². The fourth-order valence-electron chi connectivity index (χ4n) is 0.542. The van der Waals surface area contributed by atoms with Gasteiger partial charge in [0.15, 0.2) is 0 Å². The third-order valence-corrected chi connectivity index (χ3v) is 2.53. The number of ether oxygens (including phenoxy) is 1. The number of hydrogen-bond donors (Lipinski definition) is 1. The van der Waals surface area contributed by atoms with E-state index in [1.807, 2.05) is 0 Å². The van der Waals surface area contributed by atoms with E-state index >= 15 is 0 Å². The summed E-state index contributed by atoms with van der Waals surface area (Å²) in [6, 6.07) is 0. The van der Waals surface area contributed by atoms with Crippen LogP contribution in [0.2, 0.25) is 0 Å². The highest BCUT2D eigenvalue weighted by molar-refractivity contribution is 7.88. The summed E-state index contributed by atoms with van der Waals surface area (Å²) in [5.74, 6) is -1.88. The van der Waals surface area contributed by atoms with Crippen LogP contribution in [0, 0.1) is 0 Å². The summed E-state index contributed by atoms with van der Waals surface area (Å²) in [7, 11) is -6.09. The highest BCUT2D eigenvalue weighted by Gasteiger charge is 2.49. The Morgan fingerprint density at radius 1 is 1.15 bits per heavy atom. The lowest BCUT2D eigenvalue weighted by atomic mass is 10.7. The molecule has 0 aliphatic heterocycles. The number of alkyl carbamates (subject to hydrolysis) is 1. The van der Waals surface area contributed by atoms with Gasteiger partial charge in [0.25, 0.3) is 0 Å². The molecule has 0 spiro atoms. The molecule has 0 saturated carbocycles. The molecule has 0 aliphatic rings. The number of rotatable bonds is 4. The third-order valence-electron chi connectivity index (χ3n) is 1.23. The summed E-state index contributed by atoms with van der Waals surface area (Å²) in [6.45, 7) is -1.91. The van der Waals surface area contributed by atoms with Crippen LogP contribution in [0.3, 0.4) is 0 Å². The molecule has 0 unspecified atom stereocenters. The first-order valence-electron chi connectivity index (χ1n) is 4.25. The Morgan fingerprint density at radius 3 is 2.05 bits per heavy atom. The Morgan fingerprint density at radius 2 is 1.65 bits per heavy atom. The molecule has 0 rings (SSSR count). The zero-order valence-electron chi connectivity index (χ0n) is 9.04. The molecular formula is C6H5Cl3F3NO6S. The Balaban J connectivity index is 4.23. The van der Waals surface area contributed by atoms with Gasteiger partial charge in [0.1, 0.15) is 13.2 Å². The average molecular weight is 383 g/mol. The lowest BCUT2D eigenvalue weighted by Gasteiger charge is -2.12. The fraction of sp³-hybridized carbons (Fsp3) is 0.667. The second-order valence-electron chi connectivity index (χ2n) is 2.90. The number of alkyl halides is 6. The molecule has 0 aromatic rings. The zero-order valence-corrected chi connectivity index (χ0v) is 12.1. The first kappa shape index (κ1) is 19.4. The molecule has 1 N–H and O–H groups in total. The van der Waals surface area contributed by atoms with Crippen molar-refractivity contribution in [3.05, 3.63) is 0 Å². The van der Waals surface area contributed by atoms with Gasteiger partial charge in [-0.3, -0.25) is 0 Å². The third kappa shape index (κ3) is 7.82. The number of hydrogen-bond acceptors (Lipinski definition) is 6. The Labute approximate surface area is 125 Å². The highest BCUT2D eigenvalue weighted by Crippen LogP contribution is 2.26. The molecule has 0 heterocycles. The number of carbonyl (C=O) groups is 2. The Kier molecular flexibility index (Phi) is 6.65. The van der Waals surface area contributed by atoms with Crippen LogP contribution in [0.25, 0.3) is 0 Å². The van der Waals surface area contributed by atoms with Crippen LogP contribution in [0.4, 0.5) is 18.0 Å². The van der Waals surface area contributed by atoms with Crippen molar-refractivity contribution in [1.82, 2.24) is 5.32 Å². The molecule has 0 saturated heterocycles. The first-order chi connectivity index (χ1) is 8.74. The van der Waals surface area contributed by atoms with Gasteiger partial charge in [-0.2, -0.15) is 21.6 Å². The second kappa shape index (κ2) is 6.87. The Bertz CT molecular complexity index is 473. The van der Waals surface area contributed by atoms with Crippen LogP contribution < -0.4 is 5.32 Å². The van der Waals surface area contributed by atoms with E-state index in [-0.39, 0.29) is 0 Å². The van der Waals surface area contributed by atoms with Crippen LogP contribution >= 0.6 is 34.8 Å². The van der Waals surface area contributed by atoms with Crippen LogP contribution in [0.15, 0.2) is 0 Å². The van der Waals surface area contributed by atoms with Crippen molar-refractivity contribution >= 4 is 57.0 Å². The SMILES string of the molecule is O=C(CNC(=O)OCC(Cl)(Cl)Cl)OS(=O)(=O)C(F)(F)F. The van der Waals surface area contributed by atoms with E-state index < -0.39 is 44.6 Å². The Hall–Kier alpha value is -0.650. The molecule has 0 atom stereocenters. The maximum Gasteiger partial charge on any atom is 0.534 e. The first-order valence-corrected chi connectivity index (χ1v) is 6.80. The molecule has 0 aliphatic carbocycles. The summed E-state index contributed by atoms with van der Waals surface area (Å²) >= 11 is 15.6. The van der Waals surface area contributed by atoms with Crippen LogP contribution in [-0.4, -0.2) is 42.9 Å². The predicted molar refractivity (Wildman–Crippen MR) is 60.7 cm³/mol. The van der Waals surface area contributed by atoms with Crippen molar-refractivity contribution in [2.75, 3.05) is 13.2 Å². The highest BCUT2D eigenvalue weighted by atomic mass is 35.6. The minimum absolute atomic E-state index is 0.709. The van der Waals surface area contributed by atoms with Gasteiger partial charge in [-0.1, -0.05) is 34.8 Å².